The molecule has 2 heteroatoms. The van der Waals surface area contributed by atoms with E-state index in [0.29, 0.717) is 0 Å². The second-order valence-electron chi connectivity index (χ2n) is 5.37. The fourth-order valence-corrected chi connectivity index (χ4v) is 4.79. The number of hydrogen-bond donors (Lipinski definition) is 0. The van der Waals surface area contributed by atoms with Crippen LogP contribution in [0.15, 0.2) is 44.1 Å². The molecule has 3 aliphatic rings. The second kappa shape index (κ2) is 4.00. The van der Waals surface area contributed by atoms with Crippen LogP contribution in [0.5, 0.6) is 0 Å². The van der Waals surface area contributed by atoms with Gasteiger partial charge in [0.25, 0.3) is 0 Å². The van der Waals surface area contributed by atoms with E-state index in [-0.39, 0.29) is 0 Å². The van der Waals surface area contributed by atoms with Gasteiger partial charge in [-0.25, -0.2) is 0 Å². The van der Waals surface area contributed by atoms with Gasteiger partial charge >= 0.3 is 0 Å². The molecular formula is C17H13BrS. The summed E-state index contributed by atoms with van der Waals surface area (Å²) in [5.41, 5.74) is 8.38. The van der Waals surface area contributed by atoms with Gasteiger partial charge in [0.1, 0.15) is 0 Å². The maximum atomic E-state index is 3.84. The fourth-order valence-electron chi connectivity index (χ4n) is 3.02. The van der Waals surface area contributed by atoms with Crippen molar-refractivity contribution in [1.82, 2.24) is 0 Å². The molecule has 1 aliphatic carbocycles. The highest BCUT2D eigenvalue weighted by Crippen LogP contribution is 2.47. The molecule has 0 amide bonds. The van der Waals surface area contributed by atoms with E-state index in [4.69, 9.17) is 0 Å². The van der Waals surface area contributed by atoms with Crippen molar-refractivity contribution in [1.29, 1.82) is 0 Å². The Morgan fingerprint density at radius 2 is 1.95 bits per heavy atom. The van der Waals surface area contributed by atoms with Crippen LogP contribution < -0.4 is 0 Å². The smallest absolute Gasteiger partial charge is 0.0295 e. The molecule has 0 spiro atoms. The van der Waals surface area contributed by atoms with Crippen molar-refractivity contribution in [2.24, 2.45) is 0 Å². The summed E-state index contributed by atoms with van der Waals surface area (Å²) in [5, 5.41) is 0. The SMILES string of the molecule is CC1=Cc2c3cc(c(Br)c2C1)-c1ccc(cc1C)S3. The van der Waals surface area contributed by atoms with E-state index in [2.05, 4.69) is 60.1 Å². The zero-order valence-electron chi connectivity index (χ0n) is 10.9. The summed E-state index contributed by atoms with van der Waals surface area (Å²) in [6.07, 6.45) is 3.42. The summed E-state index contributed by atoms with van der Waals surface area (Å²) >= 11 is 5.73. The van der Waals surface area contributed by atoms with Gasteiger partial charge in [0, 0.05) is 14.3 Å². The Balaban J connectivity index is 2.11. The molecule has 2 aromatic rings. The number of benzene rings is 2. The zero-order valence-corrected chi connectivity index (χ0v) is 13.3. The third kappa shape index (κ3) is 1.66. The van der Waals surface area contributed by atoms with Crippen molar-refractivity contribution in [2.75, 3.05) is 0 Å². The van der Waals surface area contributed by atoms with Gasteiger partial charge in [-0.15, -0.1) is 0 Å². The minimum Gasteiger partial charge on any atom is -0.0894 e. The number of halogens is 1. The van der Waals surface area contributed by atoms with Crippen molar-refractivity contribution in [2.45, 2.75) is 30.1 Å². The minimum atomic E-state index is 1.08. The van der Waals surface area contributed by atoms with Crippen LogP contribution in [-0.2, 0) is 6.42 Å². The molecule has 0 N–H and O–H groups in total. The molecular weight excluding hydrogens is 316 g/mol. The molecule has 0 aromatic heterocycles. The number of allylic oxidation sites excluding steroid dienone is 1. The molecule has 5 rings (SSSR count). The highest BCUT2D eigenvalue weighted by Gasteiger charge is 2.23. The Morgan fingerprint density at radius 1 is 1.11 bits per heavy atom. The Morgan fingerprint density at radius 3 is 2.74 bits per heavy atom. The normalized spacial score (nSPS) is 15.0. The average molecular weight is 329 g/mol. The van der Waals surface area contributed by atoms with Gasteiger partial charge in [-0.05, 0) is 82.2 Å². The number of fused-ring (bicyclic) bond motifs is 3. The van der Waals surface area contributed by atoms with Gasteiger partial charge in [0.15, 0.2) is 0 Å². The lowest BCUT2D eigenvalue weighted by atomic mass is 9.96. The molecule has 4 bridgehead atoms. The summed E-state index contributed by atoms with van der Waals surface area (Å²) in [6, 6.07) is 9.13. The van der Waals surface area contributed by atoms with Crippen LogP contribution in [0, 0.1) is 6.92 Å². The first-order valence-corrected chi connectivity index (χ1v) is 8.06. The molecule has 0 unspecified atom stereocenters. The Labute approximate surface area is 126 Å². The molecule has 0 saturated heterocycles. The van der Waals surface area contributed by atoms with Gasteiger partial charge in [-0.2, -0.15) is 0 Å². The van der Waals surface area contributed by atoms with Crippen LogP contribution in [0.3, 0.4) is 0 Å². The topological polar surface area (TPSA) is 0 Å². The summed E-state index contributed by atoms with van der Waals surface area (Å²) in [5.74, 6) is 0. The highest BCUT2D eigenvalue weighted by molar-refractivity contribution is 9.10. The molecule has 0 fully saturated rings. The summed E-state index contributed by atoms with van der Waals surface area (Å²) in [6.45, 7) is 4.42. The number of rotatable bonds is 0. The largest absolute Gasteiger partial charge is 0.0894 e. The second-order valence-corrected chi connectivity index (χ2v) is 7.28. The molecule has 19 heavy (non-hydrogen) atoms. The maximum absolute atomic E-state index is 3.84. The van der Waals surface area contributed by atoms with Gasteiger partial charge in [-0.3, -0.25) is 0 Å². The van der Waals surface area contributed by atoms with Crippen LogP contribution in [0.1, 0.15) is 23.6 Å². The maximum Gasteiger partial charge on any atom is 0.0295 e. The van der Waals surface area contributed by atoms with Crippen molar-refractivity contribution in [3.63, 3.8) is 0 Å². The Kier molecular flexibility index (Phi) is 2.49. The molecule has 0 saturated carbocycles. The van der Waals surface area contributed by atoms with Gasteiger partial charge in [0.2, 0.25) is 0 Å². The van der Waals surface area contributed by atoms with Gasteiger partial charge in [-0.1, -0.05) is 29.5 Å². The standard InChI is InChI=1S/C17H13BrS/c1-9-5-13-14(6-9)17(18)15-8-16(13)19-11-3-4-12(15)10(2)7-11/h3-5,7-8H,6H2,1-2H3. The third-order valence-electron chi connectivity index (χ3n) is 3.93. The quantitative estimate of drug-likeness (QED) is 0.499. The molecule has 2 aliphatic heterocycles. The van der Waals surface area contributed by atoms with Crippen LogP contribution in [0.2, 0.25) is 0 Å². The van der Waals surface area contributed by atoms with E-state index in [0.717, 1.165) is 6.42 Å². The lowest BCUT2D eigenvalue weighted by molar-refractivity contribution is 1.16. The molecule has 0 nitrogen and oxygen atoms in total. The van der Waals surface area contributed by atoms with Crippen molar-refractivity contribution >= 4 is 33.8 Å². The van der Waals surface area contributed by atoms with Gasteiger partial charge < -0.3 is 0 Å². The summed E-state index contributed by atoms with van der Waals surface area (Å²) in [4.78, 5) is 2.74. The Bertz CT molecular complexity index is 756. The predicted octanol–water partition coefficient (Wildman–Crippen LogP) is 5.85. The fraction of sp³-hybridized carbons (Fsp3) is 0.176. The zero-order chi connectivity index (χ0) is 13.1. The van der Waals surface area contributed by atoms with Crippen LogP contribution in [0.4, 0.5) is 0 Å². The van der Waals surface area contributed by atoms with E-state index in [9.17, 15) is 0 Å². The summed E-state index contributed by atoms with van der Waals surface area (Å²) in [7, 11) is 0. The predicted molar refractivity (Wildman–Crippen MR) is 85.8 cm³/mol. The van der Waals surface area contributed by atoms with Crippen LogP contribution in [0.25, 0.3) is 17.2 Å². The van der Waals surface area contributed by atoms with Crippen LogP contribution in [-0.4, -0.2) is 0 Å². The van der Waals surface area contributed by atoms with E-state index < -0.39 is 0 Å². The average Bonchev–Trinajstić information content (AvgIpc) is 2.72. The monoisotopic (exact) mass is 328 g/mol. The van der Waals surface area contributed by atoms with Crippen molar-refractivity contribution in [3.8, 4) is 11.1 Å². The Hall–Kier alpha value is -0.990. The lowest BCUT2D eigenvalue weighted by Crippen LogP contribution is -1.96. The van der Waals surface area contributed by atoms with E-state index in [1.807, 2.05) is 11.8 Å². The minimum absolute atomic E-state index is 1.08. The first-order valence-electron chi connectivity index (χ1n) is 6.45. The molecule has 0 atom stereocenters. The van der Waals surface area contributed by atoms with Crippen molar-refractivity contribution in [3.05, 3.63) is 51.0 Å². The lowest BCUT2D eigenvalue weighted by Gasteiger charge is -2.20. The molecule has 2 aromatic carbocycles. The van der Waals surface area contributed by atoms with E-state index in [1.165, 1.54) is 47.7 Å². The first kappa shape index (κ1) is 11.8. The van der Waals surface area contributed by atoms with Crippen LogP contribution >= 0.6 is 27.7 Å². The number of hydrogen-bond acceptors (Lipinski definition) is 1. The molecule has 2 heterocycles. The first-order chi connectivity index (χ1) is 9.13. The molecule has 0 radical (unpaired) electrons. The summed E-state index contributed by atoms with van der Waals surface area (Å²) < 4.78 is 1.28. The molecule has 94 valence electrons. The van der Waals surface area contributed by atoms with Crippen molar-refractivity contribution < 1.29 is 0 Å². The van der Waals surface area contributed by atoms with E-state index in [1.54, 1.807) is 0 Å². The third-order valence-corrected chi connectivity index (χ3v) is 5.88. The van der Waals surface area contributed by atoms with Gasteiger partial charge in [0.05, 0.1) is 0 Å². The number of aryl methyl sites for hydroxylation is 1. The van der Waals surface area contributed by atoms with E-state index >= 15 is 0 Å². The highest BCUT2D eigenvalue weighted by atomic mass is 79.9.